The molecule has 0 spiro atoms. The Balaban J connectivity index is 0.000000563. The zero-order valence-corrected chi connectivity index (χ0v) is 14.8. The molecule has 0 fully saturated rings. The third-order valence-corrected chi connectivity index (χ3v) is 2.45. The standard InChI is InChI=1S/C14H14O3.2C3H4O2/c1-14(15,16-12-8-4-2-5-9-12)17-13-10-6-3-7-11-13;2*1-2-3(4)5/h2-11,15H,1H3;2*2H,1H2,(H,4,5). The molecule has 144 valence electrons. The average molecular weight is 374 g/mol. The maximum Gasteiger partial charge on any atom is 0.366 e. The number of benzene rings is 2. The Labute approximate surface area is 157 Å². The van der Waals surface area contributed by atoms with Crippen LogP contribution >= 0.6 is 0 Å². The third kappa shape index (κ3) is 13.4. The van der Waals surface area contributed by atoms with E-state index in [4.69, 9.17) is 19.7 Å². The summed E-state index contributed by atoms with van der Waals surface area (Å²) >= 11 is 0. The molecule has 7 heteroatoms. The first kappa shape index (κ1) is 23.4. The minimum atomic E-state index is -1.69. The first-order chi connectivity index (χ1) is 12.7. The minimum Gasteiger partial charge on any atom is -0.478 e. The quantitative estimate of drug-likeness (QED) is 0.525. The lowest BCUT2D eigenvalue weighted by Gasteiger charge is -2.25. The maximum atomic E-state index is 9.98. The van der Waals surface area contributed by atoms with Crippen molar-refractivity contribution in [2.24, 2.45) is 0 Å². The minimum absolute atomic E-state index is 0.549. The molecule has 7 nitrogen and oxygen atoms in total. The van der Waals surface area contributed by atoms with Gasteiger partial charge in [-0.15, -0.1) is 0 Å². The Bertz CT molecular complexity index is 648. The molecule has 0 saturated heterocycles. The Morgan fingerprint density at radius 2 is 1.07 bits per heavy atom. The van der Waals surface area contributed by atoms with Gasteiger partial charge in [0.25, 0.3) is 0 Å². The summed E-state index contributed by atoms with van der Waals surface area (Å²) in [5.41, 5.74) is 0. The second-order valence-corrected chi connectivity index (χ2v) is 4.81. The van der Waals surface area contributed by atoms with Crippen LogP contribution in [0.3, 0.4) is 0 Å². The highest BCUT2D eigenvalue weighted by molar-refractivity contribution is 5.79. The number of carboxylic acid groups (broad SMARTS) is 2. The molecule has 0 saturated carbocycles. The molecule has 0 unspecified atom stereocenters. The van der Waals surface area contributed by atoms with E-state index in [1.165, 1.54) is 6.92 Å². The van der Waals surface area contributed by atoms with Gasteiger partial charge in [-0.3, -0.25) is 0 Å². The van der Waals surface area contributed by atoms with Crippen molar-refractivity contribution in [3.8, 4) is 11.5 Å². The first-order valence-electron chi connectivity index (χ1n) is 7.61. The Morgan fingerprint density at radius 1 is 0.815 bits per heavy atom. The molecule has 3 N–H and O–H groups in total. The highest BCUT2D eigenvalue weighted by Crippen LogP contribution is 2.20. The van der Waals surface area contributed by atoms with Gasteiger partial charge in [-0.2, -0.15) is 0 Å². The van der Waals surface area contributed by atoms with Crippen molar-refractivity contribution in [2.75, 3.05) is 0 Å². The smallest absolute Gasteiger partial charge is 0.366 e. The summed E-state index contributed by atoms with van der Waals surface area (Å²) in [5.74, 6) is -2.56. The van der Waals surface area contributed by atoms with E-state index in [0.29, 0.717) is 11.5 Å². The molecular weight excluding hydrogens is 352 g/mol. The fourth-order valence-corrected chi connectivity index (χ4v) is 1.44. The van der Waals surface area contributed by atoms with Crippen molar-refractivity contribution in [2.45, 2.75) is 12.9 Å². The lowest BCUT2D eigenvalue weighted by atomic mass is 10.3. The van der Waals surface area contributed by atoms with E-state index in [-0.39, 0.29) is 0 Å². The van der Waals surface area contributed by atoms with E-state index in [0.717, 1.165) is 12.2 Å². The van der Waals surface area contributed by atoms with Crippen LogP contribution < -0.4 is 9.47 Å². The van der Waals surface area contributed by atoms with Crippen LogP contribution in [0.4, 0.5) is 0 Å². The SMILES string of the molecule is C=CC(=O)O.C=CC(=O)O.CC(O)(Oc1ccccc1)Oc1ccccc1. The van der Waals surface area contributed by atoms with Crippen LogP contribution in [-0.4, -0.2) is 33.2 Å². The van der Waals surface area contributed by atoms with Gasteiger partial charge in [0.2, 0.25) is 0 Å². The average Bonchev–Trinajstić information content (AvgIpc) is 2.63. The molecule has 0 atom stereocenters. The molecule has 0 aliphatic heterocycles. The van der Waals surface area contributed by atoms with Crippen LogP contribution in [0, 0.1) is 0 Å². The summed E-state index contributed by atoms with van der Waals surface area (Å²) in [6, 6.07) is 18.1. The molecule has 2 aromatic rings. The van der Waals surface area contributed by atoms with Crippen molar-refractivity contribution in [1.29, 1.82) is 0 Å². The number of para-hydroxylation sites is 2. The number of aliphatic hydroxyl groups is 1. The topological polar surface area (TPSA) is 113 Å². The van der Waals surface area contributed by atoms with E-state index in [9.17, 15) is 14.7 Å². The third-order valence-electron chi connectivity index (χ3n) is 2.45. The Kier molecular flexibility index (Phi) is 11.0. The second-order valence-electron chi connectivity index (χ2n) is 4.81. The number of carboxylic acids is 2. The van der Waals surface area contributed by atoms with Crippen molar-refractivity contribution in [3.63, 3.8) is 0 Å². The predicted octanol–water partition coefficient (Wildman–Crippen LogP) is 3.32. The number of hydrogen-bond donors (Lipinski definition) is 3. The highest BCUT2D eigenvalue weighted by atomic mass is 16.8. The summed E-state index contributed by atoms with van der Waals surface area (Å²) in [4.78, 5) is 18.5. The van der Waals surface area contributed by atoms with Crippen molar-refractivity contribution in [1.82, 2.24) is 0 Å². The fourth-order valence-electron chi connectivity index (χ4n) is 1.44. The van der Waals surface area contributed by atoms with Crippen LogP contribution in [0.2, 0.25) is 0 Å². The van der Waals surface area contributed by atoms with E-state index >= 15 is 0 Å². The summed E-state index contributed by atoms with van der Waals surface area (Å²) in [5, 5.41) is 25.2. The van der Waals surface area contributed by atoms with Crippen LogP contribution in [0.15, 0.2) is 86.0 Å². The first-order valence-corrected chi connectivity index (χ1v) is 7.61. The monoisotopic (exact) mass is 374 g/mol. The van der Waals surface area contributed by atoms with E-state index in [2.05, 4.69) is 13.2 Å². The molecule has 0 bridgehead atoms. The van der Waals surface area contributed by atoms with Crippen LogP contribution in [0.1, 0.15) is 6.92 Å². The van der Waals surface area contributed by atoms with Crippen LogP contribution in [0.5, 0.6) is 11.5 Å². The van der Waals surface area contributed by atoms with Gasteiger partial charge in [-0.1, -0.05) is 49.6 Å². The van der Waals surface area contributed by atoms with Gasteiger partial charge in [0.05, 0.1) is 0 Å². The number of carbonyl (C=O) groups is 2. The van der Waals surface area contributed by atoms with Gasteiger partial charge in [0, 0.05) is 19.1 Å². The molecule has 0 amide bonds. The number of rotatable bonds is 6. The number of hydrogen-bond acceptors (Lipinski definition) is 5. The van der Waals surface area contributed by atoms with Gasteiger partial charge < -0.3 is 24.8 Å². The zero-order valence-electron chi connectivity index (χ0n) is 14.8. The van der Waals surface area contributed by atoms with Crippen molar-refractivity contribution < 1.29 is 34.4 Å². The molecule has 0 radical (unpaired) electrons. The van der Waals surface area contributed by atoms with E-state index < -0.39 is 17.9 Å². The second kappa shape index (κ2) is 12.7. The van der Waals surface area contributed by atoms with Crippen LogP contribution in [0.25, 0.3) is 0 Å². The molecular formula is C20H22O7. The van der Waals surface area contributed by atoms with Crippen molar-refractivity contribution in [3.05, 3.63) is 86.0 Å². The lowest BCUT2D eigenvalue weighted by Crippen LogP contribution is -2.38. The van der Waals surface area contributed by atoms with Crippen molar-refractivity contribution >= 4 is 11.9 Å². The van der Waals surface area contributed by atoms with Gasteiger partial charge in [-0.05, 0) is 24.3 Å². The Hall–Kier alpha value is -3.58. The largest absolute Gasteiger partial charge is 0.478 e. The zero-order chi connectivity index (χ0) is 20.7. The normalized spacial score (nSPS) is 9.26. The molecule has 0 heterocycles. The van der Waals surface area contributed by atoms with Gasteiger partial charge in [0.1, 0.15) is 11.5 Å². The number of aliphatic carboxylic acids is 2. The van der Waals surface area contributed by atoms with E-state index in [1.807, 2.05) is 36.4 Å². The van der Waals surface area contributed by atoms with Gasteiger partial charge >= 0.3 is 17.9 Å². The predicted molar refractivity (Wildman–Crippen MR) is 100 cm³/mol. The summed E-state index contributed by atoms with van der Waals surface area (Å²) < 4.78 is 10.7. The number of ether oxygens (including phenoxy) is 2. The molecule has 2 rings (SSSR count). The molecule has 0 aliphatic carbocycles. The highest BCUT2D eigenvalue weighted by Gasteiger charge is 2.24. The maximum absolute atomic E-state index is 9.98. The summed E-state index contributed by atoms with van der Waals surface area (Å²) in [7, 11) is 0. The molecule has 0 aliphatic rings. The lowest BCUT2D eigenvalue weighted by molar-refractivity contribution is -0.258. The fraction of sp³-hybridized carbons (Fsp3) is 0.100. The Morgan fingerprint density at radius 3 is 1.30 bits per heavy atom. The molecule has 0 aromatic heterocycles. The van der Waals surface area contributed by atoms with Gasteiger partial charge in [0.15, 0.2) is 0 Å². The summed E-state index contributed by atoms with van der Waals surface area (Å²) in [6.45, 7) is 7.37. The molecule has 2 aromatic carbocycles. The van der Waals surface area contributed by atoms with Gasteiger partial charge in [-0.25, -0.2) is 9.59 Å². The van der Waals surface area contributed by atoms with Crippen LogP contribution in [-0.2, 0) is 9.59 Å². The van der Waals surface area contributed by atoms with E-state index in [1.54, 1.807) is 24.3 Å². The molecule has 27 heavy (non-hydrogen) atoms. The summed E-state index contributed by atoms with van der Waals surface area (Å²) in [6.07, 6.45) is 1.67.